The topological polar surface area (TPSA) is 79.5 Å². The third-order valence-electron chi connectivity index (χ3n) is 3.53. The van der Waals surface area contributed by atoms with Crippen LogP contribution in [0.15, 0.2) is 23.2 Å². The minimum Gasteiger partial charge on any atom is -0.384 e. The fraction of sp³-hybridized carbons (Fsp3) is 0.583. The van der Waals surface area contributed by atoms with Crippen molar-refractivity contribution >= 4 is 15.8 Å². The lowest BCUT2D eigenvalue weighted by molar-refractivity contribution is 0.135. The van der Waals surface area contributed by atoms with E-state index in [9.17, 15) is 8.42 Å². The Kier molecular flexibility index (Phi) is 4.07. The second-order valence-electron chi connectivity index (χ2n) is 4.76. The highest BCUT2D eigenvalue weighted by Gasteiger charge is 2.31. The van der Waals surface area contributed by atoms with Gasteiger partial charge in [-0.1, -0.05) is 6.92 Å². The van der Waals surface area contributed by atoms with Crippen LogP contribution in [0.3, 0.4) is 0 Å². The van der Waals surface area contributed by atoms with Crippen molar-refractivity contribution in [2.75, 3.05) is 31.9 Å². The molecule has 1 aromatic heterocycles. The van der Waals surface area contributed by atoms with E-state index in [4.69, 9.17) is 5.73 Å². The number of nitrogen functional groups attached to an aromatic ring is 1. The SMILES string of the molecule is CCN1CCN(S(=O)(=O)c2ccc(N)nc2)CC1C. The smallest absolute Gasteiger partial charge is 0.244 e. The summed E-state index contributed by atoms with van der Waals surface area (Å²) in [6, 6.07) is 3.25. The van der Waals surface area contributed by atoms with Crippen LogP contribution in [0.5, 0.6) is 0 Å². The van der Waals surface area contributed by atoms with Gasteiger partial charge >= 0.3 is 0 Å². The van der Waals surface area contributed by atoms with E-state index < -0.39 is 10.0 Å². The van der Waals surface area contributed by atoms with Crippen LogP contribution in [0, 0.1) is 0 Å². The average molecular weight is 284 g/mol. The van der Waals surface area contributed by atoms with Gasteiger partial charge in [-0.3, -0.25) is 4.90 Å². The summed E-state index contributed by atoms with van der Waals surface area (Å²) in [6.45, 7) is 6.88. The van der Waals surface area contributed by atoms with Crippen molar-refractivity contribution in [1.82, 2.24) is 14.2 Å². The Labute approximate surface area is 114 Å². The molecule has 1 fully saturated rings. The molecule has 0 aromatic carbocycles. The van der Waals surface area contributed by atoms with E-state index >= 15 is 0 Å². The first-order valence-corrected chi connectivity index (χ1v) is 7.85. The monoisotopic (exact) mass is 284 g/mol. The third-order valence-corrected chi connectivity index (χ3v) is 5.38. The number of nitrogens with two attached hydrogens (primary N) is 1. The van der Waals surface area contributed by atoms with Crippen LogP contribution in [0.4, 0.5) is 5.82 Å². The fourth-order valence-electron chi connectivity index (χ4n) is 2.34. The Hall–Kier alpha value is -1.18. The van der Waals surface area contributed by atoms with E-state index in [0.717, 1.165) is 13.1 Å². The highest BCUT2D eigenvalue weighted by atomic mass is 32.2. The molecule has 0 bridgehead atoms. The molecule has 2 N–H and O–H groups in total. The zero-order valence-electron chi connectivity index (χ0n) is 11.3. The van der Waals surface area contributed by atoms with Gasteiger partial charge in [0.25, 0.3) is 0 Å². The Morgan fingerprint density at radius 2 is 2.16 bits per heavy atom. The van der Waals surface area contributed by atoms with E-state index in [-0.39, 0.29) is 10.9 Å². The minimum atomic E-state index is -3.45. The summed E-state index contributed by atoms with van der Waals surface area (Å²) < 4.78 is 26.5. The molecule has 0 aliphatic carbocycles. The molecule has 6 nitrogen and oxygen atoms in total. The molecule has 1 aromatic rings. The van der Waals surface area contributed by atoms with E-state index in [2.05, 4.69) is 16.8 Å². The number of rotatable bonds is 3. The lowest BCUT2D eigenvalue weighted by atomic mass is 10.2. The van der Waals surface area contributed by atoms with Gasteiger partial charge in [0.05, 0.1) is 0 Å². The maximum atomic E-state index is 12.5. The van der Waals surface area contributed by atoms with Crippen LogP contribution < -0.4 is 5.73 Å². The van der Waals surface area contributed by atoms with E-state index in [1.807, 2.05) is 6.92 Å². The van der Waals surface area contributed by atoms with Crippen molar-refractivity contribution in [3.05, 3.63) is 18.3 Å². The minimum absolute atomic E-state index is 0.207. The maximum Gasteiger partial charge on any atom is 0.244 e. The number of pyridine rings is 1. The number of likely N-dealkylation sites (N-methyl/N-ethyl adjacent to an activating group) is 1. The first-order chi connectivity index (χ1) is 8.95. The van der Waals surface area contributed by atoms with Crippen molar-refractivity contribution < 1.29 is 8.42 Å². The van der Waals surface area contributed by atoms with Gasteiger partial charge in [-0.05, 0) is 25.6 Å². The predicted molar refractivity (Wildman–Crippen MR) is 74.1 cm³/mol. The number of hydrogen-bond acceptors (Lipinski definition) is 5. The summed E-state index contributed by atoms with van der Waals surface area (Å²) >= 11 is 0. The third kappa shape index (κ3) is 2.88. The predicted octanol–water partition coefficient (Wildman–Crippen LogP) is 0.378. The van der Waals surface area contributed by atoms with E-state index in [0.29, 0.717) is 18.9 Å². The van der Waals surface area contributed by atoms with Gasteiger partial charge in [0.2, 0.25) is 10.0 Å². The van der Waals surface area contributed by atoms with E-state index in [1.165, 1.54) is 22.6 Å². The fourth-order valence-corrected chi connectivity index (χ4v) is 3.80. The first-order valence-electron chi connectivity index (χ1n) is 6.41. The number of hydrogen-bond donors (Lipinski definition) is 1. The van der Waals surface area contributed by atoms with Gasteiger partial charge in [0.15, 0.2) is 0 Å². The Morgan fingerprint density at radius 3 is 2.68 bits per heavy atom. The average Bonchev–Trinajstić information content (AvgIpc) is 2.39. The molecule has 0 amide bonds. The molecule has 2 heterocycles. The molecule has 2 rings (SSSR count). The van der Waals surface area contributed by atoms with Crippen molar-refractivity contribution in [2.24, 2.45) is 0 Å². The van der Waals surface area contributed by atoms with Crippen molar-refractivity contribution in [1.29, 1.82) is 0 Å². The Morgan fingerprint density at radius 1 is 1.42 bits per heavy atom. The standard InChI is InChI=1S/C12H20N4O2S/c1-3-15-6-7-16(9-10(15)2)19(17,18)11-4-5-12(13)14-8-11/h4-5,8,10H,3,6-7,9H2,1-2H3,(H2,13,14). The van der Waals surface area contributed by atoms with Gasteiger partial charge < -0.3 is 5.73 Å². The summed E-state index contributed by atoms with van der Waals surface area (Å²) in [5.41, 5.74) is 5.48. The first kappa shape index (κ1) is 14.2. The molecule has 106 valence electrons. The van der Waals surface area contributed by atoms with Gasteiger partial charge in [-0.2, -0.15) is 4.31 Å². The van der Waals surface area contributed by atoms with Crippen molar-refractivity contribution in [2.45, 2.75) is 24.8 Å². The summed E-state index contributed by atoms with van der Waals surface area (Å²) in [5.74, 6) is 0.322. The molecule has 1 atom stereocenters. The zero-order valence-corrected chi connectivity index (χ0v) is 12.1. The molecule has 19 heavy (non-hydrogen) atoms. The zero-order chi connectivity index (χ0) is 14.0. The van der Waals surface area contributed by atoms with Crippen LogP contribution in [0.25, 0.3) is 0 Å². The van der Waals surface area contributed by atoms with Crippen LogP contribution in [-0.4, -0.2) is 54.8 Å². The molecule has 0 saturated carbocycles. The maximum absolute atomic E-state index is 12.5. The normalized spacial score (nSPS) is 22.5. The largest absolute Gasteiger partial charge is 0.384 e. The number of piperazine rings is 1. The molecule has 1 aliphatic rings. The summed E-state index contributed by atoms with van der Waals surface area (Å²) in [4.78, 5) is 6.33. The molecular formula is C12H20N4O2S. The molecule has 0 spiro atoms. The molecule has 1 aliphatic heterocycles. The molecule has 0 radical (unpaired) electrons. The highest BCUT2D eigenvalue weighted by Crippen LogP contribution is 2.19. The Bertz CT molecular complexity index is 529. The van der Waals surface area contributed by atoms with Crippen LogP contribution in [0.1, 0.15) is 13.8 Å². The van der Waals surface area contributed by atoms with Gasteiger partial charge in [-0.15, -0.1) is 0 Å². The second kappa shape index (κ2) is 5.44. The van der Waals surface area contributed by atoms with Gasteiger partial charge in [0, 0.05) is 31.9 Å². The Balaban J connectivity index is 2.19. The molecule has 1 unspecified atom stereocenters. The second-order valence-corrected chi connectivity index (χ2v) is 6.70. The molecular weight excluding hydrogens is 264 g/mol. The summed E-state index contributed by atoms with van der Waals surface area (Å²) in [6.07, 6.45) is 1.32. The summed E-state index contributed by atoms with van der Waals surface area (Å²) in [5, 5.41) is 0. The van der Waals surface area contributed by atoms with Crippen molar-refractivity contribution in [3.63, 3.8) is 0 Å². The van der Waals surface area contributed by atoms with E-state index in [1.54, 1.807) is 0 Å². The van der Waals surface area contributed by atoms with Gasteiger partial charge in [-0.25, -0.2) is 13.4 Å². The number of nitrogens with zero attached hydrogens (tertiary/aromatic N) is 3. The lowest BCUT2D eigenvalue weighted by Gasteiger charge is -2.38. The number of anilines is 1. The molecule has 1 saturated heterocycles. The number of aromatic nitrogens is 1. The van der Waals surface area contributed by atoms with Crippen LogP contribution >= 0.6 is 0 Å². The summed E-state index contributed by atoms with van der Waals surface area (Å²) in [7, 11) is -3.45. The lowest BCUT2D eigenvalue weighted by Crippen LogP contribution is -2.53. The number of sulfonamides is 1. The highest BCUT2D eigenvalue weighted by molar-refractivity contribution is 7.89. The van der Waals surface area contributed by atoms with Gasteiger partial charge in [0.1, 0.15) is 10.7 Å². The van der Waals surface area contributed by atoms with Crippen molar-refractivity contribution in [3.8, 4) is 0 Å². The quantitative estimate of drug-likeness (QED) is 0.868. The van der Waals surface area contributed by atoms with Crippen LogP contribution in [-0.2, 0) is 10.0 Å². The van der Waals surface area contributed by atoms with Crippen LogP contribution in [0.2, 0.25) is 0 Å². The molecule has 7 heteroatoms.